The molecule has 0 aliphatic rings. The Bertz CT molecular complexity index is 453. The summed E-state index contributed by atoms with van der Waals surface area (Å²) >= 11 is 0. The van der Waals surface area contributed by atoms with Gasteiger partial charge in [0.2, 0.25) is 0 Å². The Morgan fingerprint density at radius 1 is 1.00 bits per heavy atom. The number of nitrogens with zero attached hydrogens (tertiary/aromatic N) is 1. The molecule has 2 rings (SSSR count). The fourth-order valence-electron chi connectivity index (χ4n) is 1.74. The fraction of sp³-hybridized carbons (Fsp3) is 0.250. The maximum Gasteiger partial charge on any atom is 0.0379 e. The average Bonchev–Trinajstić information content (AvgIpc) is 2.02. The van der Waals surface area contributed by atoms with Crippen molar-refractivity contribution in [2.45, 2.75) is 20.8 Å². The van der Waals surface area contributed by atoms with Crippen molar-refractivity contribution < 1.29 is 0 Å². The van der Waals surface area contributed by atoms with Gasteiger partial charge < -0.3 is 0 Å². The molecule has 0 amide bonds. The summed E-state index contributed by atoms with van der Waals surface area (Å²) in [5, 5.41) is 2.56. The molecule has 0 saturated heterocycles. The number of pyridine rings is 1. The van der Waals surface area contributed by atoms with Gasteiger partial charge in [-0.2, -0.15) is 0 Å². The molecule has 2 aromatic rings. The minimum absolute atomic E-state index is 1.08. The van der Waals surface area contributed by atoms with Crippen LogP contribution in [0.3, 0.4) is 0 Å². The molecular formula is C12H13N. The summed E-state index contributed by atoms with van der Waals surface area (Å²) in [6.45, 7) is 6.28. The van der Waals surface area contributed by atoms with Crippen LogP contribution < -0.4 is 0 Å². The molecule has 1 aromatic heterocycles. The van der Waals surface area contributed by atoms with E-state index in [-0.39, 0.29) is 0 Å². The van der Waals surface area contributed by atoms with Crippen LogP contribution in [0.1, 0.15) is 16.8 Å². The first-order chi connectivity index (χ1) is 6.16. The molecule has 0 fully saturated rings. The fourth-order valence-corrected chi connectivity index (χ4v) is 1.74. The number of aromatic nitrogens is 1. The molecular weight excluding hydrogens is 158 g/mol. The van der Waals surface area contributed by atoms with E-state index in [1.165, 1.54) is 21.9 Å². The molecule has 0 spiro atoms. The summed E-state index contributed by atoms with van der Waals surface area (Å²) in [5.41, 5.74) is 3.70. The Morgan fingerprint density at radius 3 is 2.54 bits per heavy atom. The van der Waals surface area contributed by atoms with Crippen molar-refractivity contribution in [2.24, 2.45) is 0 Å². The Kier molecular flexibility index (Phi) is 1.80. The highest BCUT2D eigenvalue weighted by molar-refractivity contribution is 5.85. The molecule has 0 aliphatic heterocycles. The van der Waals surface area contributed by atoms with Gasteiger partial charge >= 0.3 is 0 Å². The predicted molar refractivity (Wildman–Crippen MR) is 56.0 cm³/mol. The molecule has 1 heterocycles. The summed E-state index contributed by atoms with van der Waals surface area (Å²) in [6, 6.07) is 6.53. The lowest BCUT2D eigenvalue weighted by atomic mass is 10.0. The van der Waals surface area contributed by atoms with Crippen LogP contribution in [0.25, 0.3) is 10.8 Å². The molecule has 0 saturated carbocycles. The van der Waals surface area contributed by atoms with Gasteiger partial charge in [-0.3, -0.25) is 4.98 Å². The molecule has 0 N–H and O–H groups in total. The molecule has 0 aliphatic carbocycles. The van der Waals surface area contributed by atoms with Gasteiger partial charge in [-0.05, 0) is 37.8 Å². The van der Waals surface area contributed by atoms with Crippen LogP contribution in [0.15, 0.2) is 24.4 Å². The highest BCUT2D eigenvalue weighted by Crippen LogP contribution is 2.19. The minimum atomic E-state index is 1.08. The van der Waals surface area contributed by atoms with Crippen molar-refractivity contribution in [3.63, 3.8) is 0 Å². The Morgan fingerprint density at radius 2 is 1.77 bits per heavy atom. The van der Waals surface area contributed by atoms with Crippen molar-refractivity contribution in [3.05, 3.63) is 41.2 Å². The number of fused-ring (bicyclic) bond motifs is 1. The van der Waals surface area contributed by atoms with Gasteiger partial charge in [0.15, 0.2) is 0 Å². The van der Waals surface area contributed by atoms with E-state index in [1.807, 2.05) is 13.1 Å². The Labute approximate surface area is 78.4 Å². The molecule has 1 nitrogen and oxygen atoms in total. The monoisotopic (exact) mass is 171 g/mol. The van der Waals surface area contributed by atoms with Crippen molar-refractivity contribution in [3.8, 4) is 0 Å². The normalized spacial score (nSPS) is 10.7. The zero-order valence-electron chi connectivity index (χ0n) is 8.26. The molecule has 1 aromatic carbocycles. The number of hydrogen-bond acceptors (Lipinski definition) is 1. The van der Waals surface area contributed by atoms with Crippen LogP contribution in [0, 0.1) is 20.8 Å². The first kappa shape index (κ1) is 8.24. The topological polar surface area (TPSA) is 12.9 Å². The van der Waals surface area contributed by atoms with Gasteiger partial charge in [0, 0.05) is 17.3 Å². The smallest absolute Gasteiger partial charge is 0.0379 e. The first-order valence-electron chi connectivity index (χ1n) is 4.50. The third kappa shape index (κ3) is 1.42. The second-order valence-electron chi connectivity index (χ2n) is 3.63. The standard InChI is InChI=1S/C12H13N/c1-8-4-9(2)12-7-13-10(3)6-11(12)5-8/h4-7H,1-3H3. The average molecular weight is 171 g/mol. The summed E-state index contributed by atoms with van der Waals surface area (Å²) in [4.78, 5) is 4.30. The van der Waals surface area contributed by atoms with Gasteiger partial charge in [0.05, 0.1) is 0 Å². The maximum atomic E-state index is 4.30. The molecule has 1 heteroatoms. The highest BCUT2D eigenvalue weighted by Gasteiger charge is 1.98. The van der Waals surface area contributed by atoms with E-state index in [2.05, 4.69) is 37.0 Å². The van der Waals surface area contributed by atoms with E-state index in [1.54, 1.807) is 0 Å². The van der Waals surface area contributed by atoms with E-state index < -0.39 is 0 Å². The molecule has 13 heavy (non-hydrogen) atoms. The molecule has 66 valence electrons. The van der Waals surface area contributed by atoms with Gasteiger partial charge in [0.1, 0.15) is 0 Å². The Hall–Kier alpha value is -1.37. The van der Waals surface area contributed by atoms with Crippen LogP contribution in [0.2, 0.25) is 0 Å². The molecule has 0 radical (unpaired) electrons. The van der Waals surface area contributed by atoms with Crippen molar-refractivity contribution >= 4 is 10.8 Å². The molecule has 0 atom stereocenters. The second-order valence-corrected chi connectivity index (χ2v) is 3.63. The van der Waals surface area contributed by atoms with Crippen LogP contribution in [0.5, 0.6) is 0 Å². The van der Waals surface area contributed by atoms with Crippen LogP contribution in [-0.4, -0.2) is 4.98 Å². The lowest BCUT2D eigenvalue weighted by Crippen LogP contribution is -1.85. The Balaban J connectivity index is 2.86. The van der Waals surface area contributed by atoms with Gasteiger partial charge in [0.25, 0.3) is 0 Å². The lowest BCUT2D eigenvalue weighted by Gasteiger charge is -2.04. The zero-order chi connectivity index (χ0) is 9.42. The first-order valence-corrected chi connectivity index (χ1v) is 4.50. The van der Waals surface area contributed by atoms with Gasteiger partial charge in [-0.1, -0.05) is 17.7 Å². The third-order valence-corrected chi connectivity index (χ3v) is 2.32. The van der Waals surface area contributed by atoms with Crippen LogP contribution >= 0.6 is 0 Å². The summed E-state index contributed by atoms with van der Waals surface area (Å²) < 4.78 is 0. The van der Waals surface area contributed by atoms with Crippen molar-refractivity contribution in [1.82, 2.24) is 4.98 Å². The van der Waals surface area contributed by atoms with Gasteiger partial charge in [-0.15, -0.1) is 0 Å². The largest absolute Gasteiger partial charge is 0.261 e. The van der Waals surface area contributed by atoms with E-state index in [9.17, 15) is 0 Å². The van der Waals surface area contributed by atoms with E-state index in [0.717, 1.165) is 5.69 Å². The predicted octanol–water partition coefficient (Wildman–Crippen LogP) is 3.16. The maximum absolute atomic E-state index is 4.30. The van der Waals surface area contributed by atoms with E-state index in [4.69, 9.17) is 0 Å². The van der Waals surface area contributed by atoms with Crippen LogP contribution in [-0.2, 0) is 0 Å². The van der Waals surface area contributed by atoms with Crippen molar-refractivity contribution in [2.75, 3.05) is 0 Å². The van der Waals surface area contributed by atoms with Gasteiger partial charge in [-0.25, -0.2) is 0 Å². The van der Waals surface area contributed by atoms with Crippen LogP contribution in [0.4, 0.5) is 0 Å². The second kappa shape index (κ2) is 2.84. The summed E-state index contributed by atoms with van der Waals surface area (Å²) in [6.07, 6.45) is 1.96. The minimum Gasteiger partial charge on any atom is -0.261 e. The number of hydrogen-bond donors (Lipinski definition) is 0. The number of aryl methyl sites for hydroxylation is 3. The highest BCUT2D eigenvalue weighted by atomic mass is 14.7. The summed E-state index contributed by atoms with van der Waals surface area (Å²) in [5.74, 6) is 0. The quantitative estimate of drug-likeness (QED) is 0.593. The van der Waals surface area contributed by atoms with Crippen molar-refractivity contribution in [1.29, 1.82) is 0 Å². The third-order valence-electron chi connectivity index (χ3n) is 2.32. The van der Waals surface area contributed by atoms with E-state index >= 15 is 0 Å². The SMILES string of the molecule is Cc1cc(C)c2cnc(C)cc2c1. The number of benzene rings is 1. The molecule has 0 unspecified atom stereocenters. The van der Waals surface area contributed by atoms with E-state index in [0.29, 0.717) is 0 Å². The summed E-state index contributed by atoms with van der Waals surface area (Å²) in [7, 11) is 0. The number of rotatable bonds is 0. The molecule has 0 bridgehead atoms. The lowest BCUT2D eigenvalue weighted by molar-refractivity contribution is 1.22. The zero-order valence-corrected chi connectivity index (χ0v) is 8.26.